The van der Waals surface area contributed by atoms with Crippen LogP contribution in [0.25, 0.3) is 17.4 Å². The van der Waals surface area contributed by atoms with Crippen molar-refractivity contribution in [2.24, 2.45) is 0 Å². The molecule has 0 bridgehead atoms. The quantitative estimate of drug-likeness (QED) is 0.320. The van der Waals surface area contributed by atoms with E-state index in [0.717, 1.165) is 5.56 Å². The maximum absolute atomic E-state index is 12.9. The first-order valence-electron chi connectivity index (χ1n) is 8.43. The summed E-state index contributed by atoms with van der Waals surface area (Å²) in [5.74, 6) is 1.62. The van der Waals surface area contributed by atoms with E-state index < -0.39 is 0 Å². The molecule has 1 aliphatic heterocycles. The van der Waals surface area contributed by atoms with Crippen LogP contribution in [-0.2, 0) is 4.79 Å². The molecule has 2 heterocycles. The largest absolute Gasteiger partial charge is 0.497 e. The van der Waals surface area contributed by atoms with E-state index in [0.29, 0.717) is 42.2 Å². The number of thioether (sulfide) groups is 1. The van der Waals surface area contributed by atoms with Crippen LogP contribution in [0.2, 0.25) is 10.0 Å². The van der Waals surface area contributed by atoms with Gasteiger partial charge in [0.05, 0.1) is 22.7 Å². The van der Waals surface area contributed by atoms with E-state index in [1.165, 1.54) is 16.7 Å². The summed E-state index contributed by atoms with van der Waals surface area (Å²) < 4.78 is 11.5. The second-order valence-corrected chi connectivity index (χ2v) is 8.56. The number of furan rings is 1. The Balaban J connectivity index is 1.60. The fraction of sp³-hybridized carbons (Fsp3) is 0.0476. The fourth-order valence-electron chi connectivity index (χ4n) is 2.82. The molecule has 0 saturated carbocycles. The Kier molecular flexibility index (Phi) is 5.69. The summed E-state index contributed by atoms with van der Waals surface area (Å²) in [5.41, 5.74) is 1.41. The maximum Gasteiger partial charge on any atom is 0.270 e. The molecule has 0 radical (unpaired) electrons. The Morgan fingerprint density at radius 2 is 1.86 bits per heavy atom. The van der Waals surface area contributed by atoms with Crippen LogP contribution >= 0.6 is 47.2 Å². The molecule has 3 aromatic rings. The van der Waals surface area contributed by atoms with Crippen molar-refractivity contribution in [2.75, 3.05) is 12.0 Å². The average Bonchev–Trinajstić information content (AvgIpc) is 3.26. The van der Waals surface area contributed by atoms with Gasteiger partial charge in [-0.3, -0.25) is 9.69 Å². The molecule has 1 amide bonds. The predicted molar refractivity (Wildman–Crippen MR) is 123 cm³/mol. The molecule has 4 rings (SSSR count). The highest BCUT2D eigenvalue weighted by atomic mass is 35.5. The lowest BCUT2D eigenvalue weighted by atomic mass is 10.2. The number of methoxy groups -OCH3 is 1. The summed E-state index contributed by atoms with van der Waals surface area (Å²) in [6.07, 6.45) is 1.68. The molecule has 1 fully saturated rings. The highest BCUT2D eigenvalue weighted by Gasteiger charge is 2.33. The van der Waals surface area contributed by atoms with Gasteiger partial charge in [-0.15, -0.1) is 0 Å². The number of nitrogens with zero attached hydrogens (tertiary/aromatic N) is 1. The van der Waals surface area contributed by atoms with Gasteiger partial charge in [-0.25, -0.2) is 0 Å². The molecule has 1 aliphatic rings. The van der Waals surface area contributed by atoms with Gasteiger partial charge in [0.15, 0.2) is 4.32 Å². The van der Waals surface area contributed by atoms with Gasteiger partial charge in [0.1, 0.15) is 17.3 Å². The third-order valence-electron chi connectivity index (χ3n) is 4.22. The second kappa shape index (κ2) is 8.24. The van der Waals surface area contributed by atoms with Gasteiger partial charge in [-0.2, -0.15) is 0 Å². The van der Waals surface area contributed by atoms with Crippen molar-refractivity contribution in [1.82, 2.24) is 0 Å². The number of halogens is 2. The van der Waals surface area contributed by atoms with Gasteiger partial charge < -0.3 is 9.15 Å². The third kappa shape index (κ3) is 4.07. The number of ether oxygens (including phenoxy) is 1. The molecule has 2 aromatic carbocycles. The van der Waals surface area contributed by atoms with Crippen LogP contribution in [0, 0.1) is 0 Å². The lowest BCUT2D eigenvalue weighted by molar-refractivity contribution is -0.113. The van der Waals surface area contributed by atoms with Crippen molar-refractivity contribution in [2.45, 2.75) is 0 Å². The molecule has 146 valence electrons. The van der Waals surface area contributed by atoms with Gasteiger partial charge >= 0.3 is 0 Å². The zero-order valence-corrected chi connectivity index (χ0v) is 18.2. The molecule has 4 nitrogen and oxygen atoms in total. The lowest BCUT2D eigenvalue weighted by Gasteiger charge is -2.14. The lowest BCUT2D eigenvalue weighted by Crippen LogP contribution is -2.27. The normalized spacial score (nSPS) is 15.4. The Hall–Kier alpha value is -2.25. The van der Waals surface area contributed by atoms with Crippen molar-refractivity contribution in [1.29, 1.82) is 0 Å². The fourth-order valence-corrected chi connectivity index (χ4v) is 4.60. The molecule has 8 heteroatoms. The Morgan fingerprint density at radius 1 is 1.10 bits per heavy atom. The SMILES string of the molecule is COc1ccc(N2C(=O)C(=Cc3ccc(-c4ccc(Cl)cc4Cl)o3)SC2=S)cc1. The molecule has 0 spiro atoms. The first kappa shape index (κ1) is 20.0. The molecule has 0 atom stereocenters. The average molecular weight is 462 g/mol. The summed E-state index contributed by atoms with van der Waals surface area (Å²) in [4.78, 5) is 14.9. The van der Waals surface area contributed by atoms with Crippen LogP contribution in [0.5, 0.6) is 5.75 Å². The Morgan fingerprint density at radius 3 is 2.55 bits per heavy atom. The number of carbonyl (C=O) groups excluding carboxylic acids is 1. The predicted octanol–water partition coefficient (Wildman–Crippen LogP) is 6.67. The number of hydrogen-bond acceptors (Lipinski definition) is 5. The van der Waals surface area contributed by atoms with Crippen molar-refractivity contribution >= 4 is 69.2 Å². The standard InChI is InChI=1S/C21H13Cl2NO3S2/c1-26-14-5-3-13(4-6-14)24-20(25)19(29-21(24)28)11-15-7-9-18(27-15)16-8-2-12(22)10-17(16)23/h2-11H,1H3. The first-order valence-corrected chi connectivity index (χ1v) is 10.4. The van der Waals surface area contributed by atoms with Crippen molar-refractivity contribution < 1.29 is 13.9 Å². The number of anilines is 1. The van der Waals surface area contributed by atoms with Gasteiger partial charge in [-0.1, -0.05) is 47.2 Å². The summed E-state index contributed by atoms with van der Waals surface area (Å²) in [6.45, 7) is 0. The van der Waals surface area contributed by atoms with Crippen LogP contribution in [0.15, 0.2) is 63.9 Å². The first-order chi connectivity index (χ1) is 14.0. The monoisotopic (exact) mass is 461 g/mol. The highest BCUT2D eigenvalue weighted by Crippen LogP contribution is 2.37. The Labute approximate surface area is 187 Å². The zero-order chi connectivity index (χ0) is 20.5. The number of carbonyl (C=O) groups is 1. The molecule has 0 aliphatic carbocycles. The smallest absolute Gasteiger partial charge is 0.270 e. The van der Waals surface area contributed by atoms with E-state index in [1.807, 2.05) is 0 Å². The van der Waals surface area contributed by atoms with Crippen molar-refractivity contribution in [3.8, 4) is 17.1 Å². The van der Waals surface area contributed by atoms with Gasteiger partial charge in [0.25, 0.3) is 5.91 Å². The molecule has 1 aromatic heterocycles. The van der Waals surface area contributed by atoms with Crippen LogP contribution in [0.3, 0.4) is 0 Å². The summed E-state index contributed by atoms with van der Waals surface area (Å²) in [6, 6.07) is 15.9. The zero-order valence-electron chi connectivity index (χ0n) is 15.0. The number of amides is 1. The van der Waals surface area contributed by atoms with E-state index in [1.54, 1.807) is 67.8 Å². The molecule has 0 N–H and O–H groups in total. The van der Waals surface area contributed by atoms with Crippen molar-refractivity contribution in [3.05, 3.63) is 75.3 Å². The maximum atomic E-state index is 12.9. The third-order valence-corrected chi connectivity index (χ3v) is 6.07. The van der Waals surface area contributed by atoms with Crippen LogP contribution in [0.1, 0.15) is 5.76 Å². The van der Waals surface area contributed by atoms with Gasteiger partial charge in [0, 0.05) is 16.7 Å². The number of rotatable bonds is 4. The van der Waals surface area contributed by atoms with Crippen LogP contribution in [0.4, 0.5) is 5.69 Å². The number of benzene rings is 2. The van der Waals surface area contributed by atoms with Crippen molar-refractivity contribution in [3.63, 3.8) is 0 Å². The van der Waals surface area contributed by atoms with E-state index in [-0.39, 0.29) is 5.91 Å². The van der Waals surface area contributed by atoms with E-state index in [4.69, 9.17) is 44.6 Å². The van der Waals surface area contributed by atoms with Crippen LogP contribution < -0.4 is 9.64 Å². The van der Waals surface area contributed by atoms with E-state index in [9.17, 15) is 4.79 Å². The molecule has 29 heavy (non-hydrogen) atoms. The second-order valence-electron chi connectivity index (χ2n) is 6.04. The minimum atomic E-state index is -0.201. The molecule has 0 unspecified atom stereocenters. The van der Waals surface area contributed by atoms with Gasteiger partial charge in [0.2, 0.25) is 0 Å². The van der Waals surface area contributed by atoms with Crippen LogP contribution in [-0.4, -0.2) is 17.3 Å². The summed E-state index contributed by atoms with van der Waals surface area (Å²) in [7, 11) is 1.59. The minimum Gasteiger partial charge on any atom is -0.497 e. The summed E-state index contributed by atoms with van der Waals surface area (Å²) >= 11 is 18.8. The van der Waals surface area contributed by atoms with E-state index >= 15 is 0 Å². The molecular formula is C21H13Cl2NO3S2. The number of hydrogen-bond donors (Lipinski definition) is 0. The minimum absolute atomic E-state index is 0.201. The highest BCUT2D eigenvalue weighted by molar-refractivity contribution is 8.27. The summed E-state index contributed by atoms with van der Waals surface area (Å²) in [5, 5.41) is 1.04. The molecular weight excluding hydrogens is 449 g/mol. The Bertz CT molecular complexity index is 1140. The molecule has 1 saturated heterocycles. The van der Waals surface area contributed by atoms with E-state index in [2.05, 4.69) is 0 Å². The number of thiocarbonyl (C=S) groups is 1. The van der Waals surface area contributed by atoms with Gasteiger partial charge in [-0.05, 0) is 54.6 Å². The topological polar surface area (TPSA) is 42.7 Å².